The molecule has 0 atom stereocenters. The van der Waals surface area contributed by atoms with Crippen molar-refractivity contribution in [2.75, 3.05) is 0 Å². The summed E-state index contributed by atoms with van der Waals surface area (Å²) < 4.78 is 15.4. The minimum atomic E-state index is 0.566. The first-order chi connectivity index (χ1) is 28.2. The average molecular weight is 750 g/mol. The molecule has 0 aliphatic heterocycles. The summed E-state index contributed by atoms with van der Waals surface area (Å²) in [6, 6.07) is 55.3. The number of para-hydroxylation sites is 1. The van der Waals surface area contributed by atoms with Crippen molar-refractivity contribution >= 4 is 75.5 Å². The molecule has 0 amide bonds. The molecule has 5 heterocycles. The van der Waals surface area contributed by atoms with Crippen molar-refractivity contribution in [2.45, 2.75) is 0 Å². The Hall–Kier alpha value is -7.55. The molecule has 0 saturated carbocycles. The second-order valence-corrected chi connectivity index (χ2v) is 15.1. The highest BCUT2D eigenvalue weighted by Gasteiger charge is 2.22. The summed E-state index contributed by atoms with van der Waals surface area (Å²) in [6.45, 7) is 0. The van der Waals surface area contributed by atoms with E-state index in [2.05, 4.69) is 54.6 Å². The molecule has 12 rings (SSSR count). The van der Waals surface area contributed by atoms with Crippen LogP contribution in [0.2, 0.25) is 0 Å². The van der Waals surface area contributed by atoms with Crippen molar-refractivity contribution in [2.24, 2.45) is 0 Å². The summed E-state index contributed by atoms with van der Waals surface area (Å²) in [5.41, 5.74) is 8.88. The predicted molar refractivity (Wildman–Crippen MR) is 230 cm³/mol. The van der Waals surface area contributed by atoms with Crippen LogP contribution in [0, 0.1) is 0 Å². The molecule has 8 heteroatoms. The minimum absolute atomic E-state index is 0.566. The molecule has 0 aliphatic rings. The number of furan rings is 2. The van der Waals surface area contributed by atoms with Crippen LogP contribution in [-0.2, 0) is 0 Å². The molecule has 0 saturated heterocycles. The third kappa shape index (κ3) is 5.15. The van der Waals surface area contributed by atoms with Gasteiger partial charge in [0.25, 0.3) is 0 Å². The topological polar surface area (TPSA) is 90.7 Å². The van der Waals surface area contributed by atoms with Crippen LogP contribution in [-0.4, -0.2) is 24.9 Å². The molecule has 0 unspecified atom stereocenters. The number of aromatic nitrogens is 5. The Morgan fingerprint density at radius 1 is 0.368 bits per heavy atom. The van der Waals surface area contributed by atoms with Gasteiger partial charge in [-0.25, -0.2) is 24.9 Å². The van der Waals surface area contributed by atoms with Gasteiger partial charge in [-0.05, 0) is 60.7 Å². The number of fused-ring (bicyclic) bond motifs is 9. The van der Waals surface area contributed by atoms with Crippen LogP contribution in [0.5, 0.6) is 0 Å². The largest absolute Gasteiger partial charge is 0.456 e. The highest BCUT2D eigenvalue weighted by Crippen LogP contribution is 2.41. The number of nitrogens with zero attached hydrogens (tertiary/aromatic N) is 5. The molecule has 266 valence electrons. The van der Waals surface area contributed by atoms with Crippen LogP contribution in [0.4, 0.5) is 0 Å². The monoisotopic (exact) mass is 749 g/mol. The maximum absolute atomic E-state index is 6.49. The standard InChI is InChI=1S/C49H27N5O2S/c1-3-12-28(13-4-1)43-45-44(33-17-7-9-19-37(33)56-45)51-49(50-43)34-18-11-20-39-42(34)36-27-30(22-24-38(36)55-39)47-52-46(29-14-5-2-6-15-29)53-48(54-47)31-23-25-41-35(26-31)32-16-8-10-21-40(32)57-41/h1-27H. The molecular formula is C49H27N5O2S. The van der Waals surface area contributed by atoms with Gasteiger partial charge in [-0.3, -0.25) is 0 Å². The quantitative estimate of drug-likeness (QED) is 0.173. The first kappa shape index (κ1) is 31.8. The third-order valence-corrected chi connectivity index (χ3v) is 11.7. The minimum Gasteiger partial charge on any atom is -0.456 e. The smallest absolute Gasteiger partial charge is 0.180 e. The number of benzene rings is 7. The Kier molecular flexibility index (Phi) is 6.96. The Morgan fingerprint density at radius 2 is 0.982 bits per heavy atom. The van der Waals surface area contributed by atoms with Gasteiger partial charge >= 0.3 is 0 Å². The van der Waals surface area contributed by atoms with Crippen molar-refractivity contribution in [1.82, 2.24) is 24.9 Å². The van der Waals surface area contributed by atoms with Gasteiger partial charge in [0.1, 0.15) is 28.0 Å². The van der Waals surface area contributed by atoms with Crippen LogP contribution in [0.1, 0.15) is 0 Å². The number of hydrogen-bond donors (Lipinski definition) is 0. The van der Waals surface area contributed by atoms with E-state index in [0.717, 1.165) is 71.9 Å². The first-order valence-electron chi connectivity index (χ1n) is 18.7. The fourth-order valence-corrected chi connectivity index (χ4v) is 8.96. The van der Waals surface area contributed by atoms with Gasteiger partial charge in [0.2, 0.25) is 0 Å². The fourth-order valence-electron chi connectivity index (χ4n) is 7.87. The Bertz CT molecular complexity index is 3540. The van der Waals surface area contributed by atoms with Gasteiger partial charge in [-0.2, -0.15) is 0 Å². The summed E-state index contributed by atoms with van der Waals surface area (Å²) in [6.07, 6.45) is 0. The molecule has 5 aromatic heterocycles. The van der Waals surface area contributed by atoms with E-state index in [0.29, 0.717) is 28.9 Å². The van der Waals surface area contributed by atoms with Gasteiger partial charge < -0.3 is 8.83 Å². The number of rotatable bonds is 5. The zero-order valence-electron chi connectivity index (χ0n) is 30.0. The molecule has 0 bridgehead atoms. The first-order valence-corrected chi connectivity index (χ1v) is 19.5. The highest BCUT2D eigenvalue weighted by atomic mass is 32.1. The van der Waals surface area contributed by atoms with Crippen LogP contribution >= 0.6 is 11.3 Å². The zero-order chi connectivity index (χ0) is 37.5. The molecule has 12 aromatic rings. The van der Waals surface area contributed by atoms with Crippen molar-refractivity contribution in [3.63, 3.8) is 0 Å². The van der Waals surface area contributed by atoms with E-state index in [1.54, 1.807) is 11.3 Å². The second kappa shape index (κ2) is 12.5. The molecule has 0 spiro atoms. The van der Waals surface area contributed by atoms with Gasteiger partial charge in [-0.1, -0.05) is 103 Å². The van der Waals surface area contributed by atoms with E-state index in [4.69, 9.17) is 33.8 Å². The maximum atomic E-state index is 6.49. The molecule has 0 radical (unpaired) electrons. The maximum Gasteiger partial charge on any atom is 0.180 e. The van der Waals surface area contributed by atoms with Gasteiger partial charge in [0.05, 0.1) is 0 Å². The molecular weight excluding hydrogens is 723 g/mol. The van der Waals surface area contributed by atoms with E-state index >= 15 is 0 Å². The SMILES string of the molecule is c1ccc(-c2nc(-c3ccc4sc5ccccc5c4c3)nc(-c3ccc4oc5cccc(-c6nc(-c7ccccc7)c7oc8ccccc8c7n6)c5c4c3)n2)cc1. The normalized spacial score (nSPS) is 11.9. The van der Waals surface area contributed by atoms with Crippen LogP contribution < -0.4 is 0 Å². The summed E-state index contributed by atoms with van der Waals surface area (Å²) in [7, 11) is 0. The predicted octanol–water partition coefficient (Wildman–Crippen LogP) is 13.2. The zero-order valence-corrected chi connectivity index (χ0v) is 30.9. The second-order valence-electron chi connectivity index (χ2n) is 14.0. The Labute approximate surface area is 328 Å². The van der Waals surface area contributed by atoms with Gasteiger partial charge in [-0.15, -0.1) is 11.3 Å². The number of hydrogen-bond acceptors (Lipinski definition) is 8. The van der Waals surface area contributed by atoms with Crippen LogP contribution in [0.15, 0.2) is 173 Å². The van der Waals surface area contributed by atoms with E-state index in [1.807, 2.05) is 109 Å². The van der Waals surface area contributed by atoms with Crippen molar-refractivity contribution in [3.8, 4) is 56.8 Å². The molecule has 0 fully saturated rings. The summed E-state index contributed by atoms with van der Waals surface area (Å²) in [4.78, 5) is 25.6. The van der Waals surface area contributed by atoms with Crippen molar-refractivity contribution < 1.29 is 8.83 Å². The summed E-state index contributed by atoms with van der Waals surface area (Å²) in [5.74, 6) is 2.36. The Morgan fingerprint density at radius 3 is 1.79 bits per heavy atom. The summed E-state index contributed by atoms with van der Waals surface area (Å²) in [5, 5.41) is 5.17. The lowest BCUT2D eigenvalue weighted by atomic mass is 10.0. The van der Waals surface area contributed by atoms with Crippen LogP contribution in [0.3, 0.4) is 0 Å². The molecule has 7 nitrogen and oxygen atoms in total. The van der Waals surface area contributed by atoms with E-state index in [9.17, 15) is 0 Å². The molecule has 0 aliphatic carbocycles. The molecule has 0 N–H and O–H groups in total. The van der Waals surface area contributed by atoms with Crippen molar-refractivity contribution in [1.29, 1.82) is 0 Å². The van der Waals surface area contributed by atoms with Crippen molar-refractivity contribution in [3.05, 3.63) is 164 Å². The van der Waals surface area contributed by atoms with Crippen LogP contribution in [0.25, 0.3) is 121 Å². The fraction of sp³-hybridized carbons (Fsp3) is 0. The average Bonchev–Trinajstić information content (AvgIpc) is 3.97. The van der Waals surface area contributed by atoms with E-state index in [-0.39, 0.29) is 0 Å². The van der Waals surface area contributed by atoms with E-state index < -0.39 is 0 Å². The van der Waals surface area contributed by atoms with Gasteiger partial charge in [0, 0.05) is 64.1 Å². The molecule has 57 heavy (non-hydrogen) atoms. The lowest BCUT2D eigenvalue weighted by Gasteiger charge is -2.09. The number of thiophene rings is 1. The molecule has 7 aromatic carbocycles. The highest BCUT2D eigenvalue weighted by molar-refractivity contribution is 7.25. The van der Waals surface area contributed by atoms with E-state index in [1.165, 1.54) is 20.2 Å². The van der Waals surface area contributed by atoms with Gasteiger partial charge in [0.15, 0.2) is 28.9 Å². The Balaban J connectivity index is 1.06. The summed E-state index contributed by atoms with van der Waals surface area (Å²) >= 11 is 1.79. The lowest BCUT2D eigenvalue weighted by Crippen LogP contribution is -2.00. The lowest BCUT2D eigenvalue weighted by molar-refractivity contribution is 0.667. The third-order valence-electron chi connectivity index (χ3n) is 10.6.